The van der Waals surface area contributed by atoms with Gasteiger partial charge in [0.05, 0.1) is 36.9 Å². The molecule has 1 saturated carbocycles. The highest BCUT2D eigenvalue weighted by molar-refractivity contribution is 5.90. The first-order valence-electron chi connectivity index (χ1n) is 15.7. The van der Waals surface area contributed by atoms with Crippen molar-refractivity contribution in [3.8, 4) is 11.1 Å². The van der Waals surface area contributed by atoms with Gasteiger partial charge in [-0.1, -0.05) is 89.4 Å². The fourth-order valence-electron chi connectivity index (χ4n) is 5.30. The van der Waals surface area contributed by atoms with E-state index in [1.807, 2.05) is 48.5 Å². The van der Waals surface area contributed by atoms with E-state index < -0.39 is 12.6 Å². The lowest BCUT2D eigenvalue weighted by molar-refractivity contribution is -0.150. The van der Waals surface area contributed by atoms with E-state index in [-0.39, 0.29) is 48.7 Å². The molecule has 0 heterocycles. The topological polar surface area (TPSA) is 99.1 Å². The molecule has 2 aromatic carbocycles. The van der Waals surface area contributed by atoms with Crippen LogP contribution in [0.4, 0.5) is 0 Å². The van der Waals surface area contributed by atoms with E-state index in [1.54, 1.807) is 13.8 Å². The Morgan fingerprint density at radius 1 is 0.884 bits per heavy atom. The lowest BCUT2D eigenvalue weighted by atomic mass is 9.84. The summed E-state index contributed by atoms with van der Waals surface area (Å²) in [7, 11) is 0. The average Bonchev–Trinajstić information content (AvgIpc) is 3.02. The van der Waals surface area contributed by atoms with E-state index in [4.69, 9.17) is 19.3 Å². The first kappa shape index (κ1) is 34.0. The molecule has 43 heavy (non-hydrogen) atoms. The summed E-state index contributed by atoms with van der Waals surface area (Å²) >= 11 is 0. The summed E-state index contributed by atoms with van der Waals surface area (Å²) in [6.45, 7) is 8.91. The van der Waals surface area contributed by atoms with Gasteiger partial charge >= 0.3 is 17.9 Å². The summed E-state index contributed by atoms with van der Waals surface area (Å²) in [6, 6.07) is 15.5. The van der Waals surface area contributed by atoms with Crippen LogP contribution in [-0.4, -0.2) is 48.9 Å². The number of rotatable bonds is 16. The Bertz CT molecular complexity index is 1180. The zero-order chi connectivity index (χ0) is 31.2. The molecule has 7 nitrogen and oxygen atoms in total. The summed E-state index contributed by atoms with van der Waals surface area (Å²) < 4.78 is 16.5. The van der Waals surface area contributed by atoms with Crippen molar-refractivity contribution in [3.63, 3.8) is 0 Å². The molecule has 3 rings (SSSR count). The van der Waals surface area contributed by atoms with Crippen LogP contribution in [0.25, 0.3) is 11.1 Å². The van der Waals surface area contributed by atoms with E-state index in [9.17, 15) is 14.4 Å². The maximum atomic E-state index is 12.8. The number of aliphatic hydroxyl groups excluding tert-OH is 1. The molecular formula is C36H48O7. The first-order valence-corrected chi connectivity index (χ1v) is 15.7. The standard InChI is InChI=1S/C36H48O7/c1-5-6-7-8-27-11-19-33(20-12-27)43-36(40)32-17-15-31(16-18-32)30-13-9-28(10-14-30)21-29(23-41-34(38)25(2)3)24-42-35(39)26(4)22-37/h9-10,13-18,25,27,29,33,37H,4-8,11-12,19-24H2,1-3H3. The van der Waals surface area contributed by atoms with E-state index in [0.29, 0.717) is 12.0 Å². The molecule has 0 bridgehead atoms. The molecule has 234 valence electrons. The zero-order valence-corrected chi connectivity index (χ0v) is 26.0. The van der Waals surface area contributed by atoms with Gasteiger partial charge in [0.2, 0.25) is 0 Å². The summed E-state index contributed by atoms with van der Waals surface area (Å²) in [5.41, 5.74) is 3.50. The Labute approximate surface area is 256 Å². The summed E-state index contributed by atoms with van der Waals surface area (Å²) in [4.78, 5) is 36.8. The average molecular weight is 593 g/mol. The number of hydrogen-bond acceptors (Lipinski definition) is 7. The van der Waals surface area contributed by atoms with Gasteiger partial charge in [-0.05, 0) is 66.8 Å². The molecule has 0 radical (unpaired) electrons. The summed E-state index contributed by atoms with van der Waals surface area (Å²) in [5.74, 6) is -0.992. The minimum absolute atomic E-state index is 0.0110. The van der Waals surface area contributed by atoms with Gasteiger partial charge in [-0.2, -0.15) is 0 Å². The number of ether oxygens (including phenoxy) is 3. The zero-order valence-electron chi connectivity index (χ0n) is 26.0. The number of benzene rings is 2. The van der Waals surface area contributed by atoms with Crippen molar-refractivity contribution in [2.75, 3.05) is 19.8 Å². The summed E-state index contributed by atoms with van der Waals surface area (Å²) in [6.07, 6.45) is 9.88. The predicted molar refractivity (Wildman–Crippen MR) is 167 cm³/mol. The largest absolute Gasteiger partial charge is 0.465 e. The van der Waals surface area contributed by atoms with Crippen LogP contribution in [0, 0.1) is 17.8 Å². The Kier molecular flexibility index (Phi) is 13.9. The molecule has 0 aromatic heterocycles. The third-order valence-corrected chi connectivity index (χ3v) is 8.08. The van der Waals surface area contributed by atoms with Crippen molar-refractivity contribution in [1.29, 1.82) is 0 Å². The number of carbonyl (C=O) groups is 3. The number of esters is 3. The first-order chi connectivity index (χ1) is 20.7. The van der Waals surface area contributed by atoms with E-state index >= 15 is 0 Å². The Morgan fingerprint density at radius 3 is 2.07 bits per heavy atom. The van der Waals surface area contributed by atoms with Crippen molar-refractivity contribution >= 4 is 17.9 Å². The van der Waals surface area contributed by atoms with Gasteiger partial charge in [0, 0.05) is 5.92 Å². The highest BCUT2D eigenvalue weighted by atomic mass is 16.6. The van der Waals surface area contributed by atoms with Crippen LogP contribution in [-0.2, 0) is 30.2 Å². The van der Waals surface area contributed by atoms with Crippen molar-refractivity contribution in [3.05, 3.63) is 71.8 Å². The van der Waals surface area contributed by atoms with Gasteiger partial charge < -0.3 is 19.3 Å². The monoisotopic (exact) mass is 592 g/mol. The second-order valence-electron chi connectivity index (χ2n) is 12.0. The molecule has 1 aliphatic carbocycles. The molecule has 0 aliphatic heterocycles. The molecule has 0 amide bonds. The van der Waals surface area contributed by atoms with Crippen LogP contribution in [0.15, 0.2) is 60.7 Å². The number of aliphatic hydroxyl groups is 1. The lowest BCUT2D eigenvalue weighted by Crippen LogP contribution is -2.25. The van der Waals surface area contributed by atoms with Crippen LogP contribution in [0.2, 0.25) is 0 Å². The lowest BCUT2D eigenvalue weighted by Gasteiger charge is -2.28. The molecule has 1 atom stereocenters. The van der Waals surface area contributed by atoms with Crippen molar-refractivity contribution < 1.29 is 33.7 Å². The van der Waals surface area contributed by atoms with Gasteiger partial charge in [-0.25, -0.2) is 9.59 Å². The Hall–Kier alpha value is -3.45. The fraction of sp³-hybridized carbons (Fsp3) is 0.528. The number of carbonyl (C=O) groups excluding carboxylic acids is 3. The van der Waals surface area contributed by atoms with Gasteiger partial charge in [-0.3, -0.25) is 4.79 Å². The van der Waals surface area contributed by atoms with Gasteiger partial charge in [-0.15, -0.1) is 0 Å². The van der Waals surface area contributed by atoms with Crippen molar-refractivity contribution in [2.24, 2.45) is 17.8 Å². The maximum absolute atomic E-state index is 12.8. The van der Waals surface area contributed by atoms with Crippen LogP contribution >= 0.6 is 0 Å². The van der Waals surface area contributed by atoms with Crippen LogP contribution in [0.3, 0.4) is 0 Å². The molecule has 2 aromatic rings. The number of unbranched alkanes of at least 4 members (excludes halogenated alkanes) is 2. The highest BCUT2D eigenvalue weighted by Gasteiger charge is 2.24. The quantitative estimate of drug-likeness (QED) is 0.0961. The minimum atomic E-state index is -0.671. The molecule has 1 N–H and O–H groups in total. The molecule has 0 saturated heterocycles. The van der Waals surface area contributed by atoms with Gasteiger partial charge in [0.1, 0.15) is 6.10 Å². The van der Waals surface area contributed by atoms with Crippen molar-refractivity contribution in [1.82, 2.24) is 0 Å². The van der Waals surface area contributed by atoms with Crippen LogP contribution < -0.4 is 0 Å². The van der Waals surface area contributed by atoms with Gasteiger partial charge in [0.25, 0.3) is 0 Å². The second kappa shape index (κ2) is 17.6. The minimum Gasteiger partial charge on any atom is -0.465 e. The SMILES string of the molecule is C=C(CO)C(=O)OCC(COC(=O)C(C)C)Cc1ccc(-c2ccc(C(=O)OC3CCC(CCCCC)CC3)cc2)cc1. The molecule has 0 spiro atoms. The third-order valence-electron chi connectivity index (χ3n) is 8.08. The maximum Gasteiger partial charge on any atom is 0.338 e. The molecule has 7 heteroatoms. The summed E-state index contributed by atoms with van der Waals surface area (Å²) in [5, 5.41) is 9.12. The van der Waals surface area contributed by atoms with Crippen LogP contribution in [0.1, 0.15) is 88.1 Å². The Balaban J connectivity index is 1.54. The predicted octanol–water partition coefficient (Wildman–Crippen LogP) is 7.10. The van der Waals surface area contributed by atoms with E-state index in [0.717, 1.165) is 48.3 Å². The normalized spacial score (nSPS) is 17.2. The molecular weight excluding hydrogens is 544 g/mol. The van der Waals surface area contributed by atoms with Crippen LogP contribution in [0.5, 0.6) is 0 Å². The third kappa shape index (κ3) is 11.3. The van der Waals surface area contributed by atoms with Gasteiger partial charge in [0.15, 0.2) is 0 Å². The fourth-order valence-corrected chi connectivity index (χ4v) is 5.30. The van der Waals surface area contributed by atoms with E-state index in [2.05, 4.69) is 13.5 Å². The smallest absolute Gasteiger partial charge is 0.338 e. The molecule has 1 aliphatic rings. The Morgan fingerprint density at radius 2 is 1.49 bits per heavy atom. The van der Waals surface area contributed by atoms with E-state index in [1.165, 1.54) is 25.7 Å². The molecule has 1 unspecified atom stereocenters. The second-order valence-corrected chi connectivity index (χ2v) is 12.0. The highest BCUT2D eigenvalue weighted by Crippen LogP contribution is 2.30. The van der Waals surface area contributed by atoms with Crippen molar-refractivity contribution in [2.45, 2.75) is 84.7 Å². The molecule has 1 fully saturated rings. The number of hydrogen-bond donors (Lipinski definition) is 1.